The van der Waals surface area contributed by atoms with E-state index in [2.05, 4.69) is 35.8 Å². The first-order chi connectivity index (χ1) is 13.9. The molecule has 1 aliphatic rings. The molecule has 0 aromatic heterocycles. The van der Waals surface area contributed by atoms with Gasteiger partial charge in [0.2, 0.25) is 10.0 Å². The fourth-order valence-electron chi connectivity index (χ4n) is 3.31. The number of amides is 1. The van der Waals surface area contributed by atoms with Crippen molar-refractivity contribution >= 4 is 21.6 Å². The van der Waals surface area contributed by atoms with Gasteiger partial charge in [0.25, 0.3) is 5.91 Å². The minimum Gasteiger partial charge on any atom is -0.385 e. The molecule has 170 valence electrons. The average Bonchev–Trinajstić information content (AvgIpc) is 2.87. The summed E-state index contributed by atoms with van der Waals surface area (Å²) in [6.45, 7) is 13.5. The third-order valence-electron chi connectivity index (χ3n) is 5.26. The van der Waals surface area contributed by atoms with Gasteiger partial charge in [-0.2, -0.15) is 0 Å². The minimum atomic E-state index is -3.76. The van der Waals surface area contributed by atoms with E-state index in [1.165, 1.54) is 6.07 Å². The molecule has 0 saturated carbocycles. The van der Waals surface area contributed by atoms with Gasteiger partial charge in [-0.3, -0.25) is 4.79 Å². The van der Waals surface area contributed by atoms with E-state index in [1.807, 2.05) is 4.90 Å². The molecule has 1 unspecified atom stereocenters. The molecule has 1 fully saturated rings. The number of carbonyl (C=O) groups excluding carboxylic acids is 1. The van der Waals surface area contributed by atoms with Crippen molar-refractivity contribution in [2.45, 2.75) is 57.9 Å². The molecule has 8 heteroatoms. The van der Waals surface area contributed by atoms with Gasteiger partial charge < -0.3 is 15.1 Å². The highest BCUT2D eigenvalue weighted by atomic mass is 32.2. The Hall–Kier alpha value is -1.64. The fourth-order valence-corrected chi connectivity index (χ4v) is 4.80. The average molecular weight is 439 g/mol. The SMILES string of the molecule is CCC(C)CNc1cc(C(=O)N2CCCN(C)CC2)cc(S(=O)(=O)NC(C)(C)C)c1. The van der Waals surface area contributed by atoms with Crippen LogP contribution in [0.15, 0.2) is 23.1 Å². The zero-order valence-corrected chi connectivity index (χ0v) is 20.1. The maximum absolute atomic E-state index is 13.2. The molecule has 0 spiro atoms. The van der Waals surface area contributed by atoms with Crippen LogP contribution in [-0.4, -0.2) is 69.4 Å². The number of rotatable bonds is 7. The number of carbonyl (C=O) groups is 1. The molecule has 1 heterocycles. The molecule has 1 saturated heterocycles. The van der Waals surface area contributed by atoms with E-state index in [0.717, 1.165) is 32.5 Å². The van der Waals surface area contributed by atoms with Gasteiger partial charge in [0, 0.05) is 43.0 Å². The van der Waals surface area contributed by atoms with Gasteiger partial charge in [-0.25, -0.2) is 13.1 Å². The molecule has 7 nitrogen and oxygen atoms in total. The zero-order chi connectivity index (χ0) is 22.5. The fraction of sp³-hybridized carbons (Fsp3) is 0.682. The molecule has 0 bridgehead atoms. The molecule has 0 aliphatic carbocycles. The van der Waals surface area contributed by atoms with Crippen molar-refractivity contribution in [2.75, 3.05) is 45.1 Å². The van der Waals surface area contributed by atoms with Gasteiger partial charge in [-0.15, -0.1) is 0 Å². The highest BCUT2D eigenvalue weighted by Gasteiger charge is 2.25. The summed E-state index contributed by atoms with van der Waals surface area (Å²) in [6, 6.07) is 4.89. The number of anilines is 1. The van der Waals surface area contributed by atoms with E-state index in [4.69, 9.17) is 0 Å². The van der Waals surface area contributed by atoms with Crippen molar-refractivity contribution in [1.29, 1.82) is 0 Å². The van der Waals surface area contributed by atoms with Gasteiger partial charge in [0.05, 0.1) is 4.90 Å². The minimum absolute atomic E-state index is 0.113. The molecule has 1 atom stereocenters. The summed E-state index contributed by atoms with van der Waals surface area (Å²) in [6.07, 6.45) is 1.93. The Morgan fingerprint density at radius 3 is 2.47 bits per heavy atom. The highest BCUT2D eigenvalue weighted by molar-refractivity contribution is 7.89. The number of likely N-dealkylation sites (N-methyl/N-ethyl adjacent to an activating group) is 1. The normalized spacial score (nSPS) is 17.5. The summed E-state index contributed by atoms with van der Waals surface area (Å²) >= 11 is 0. The molecule has 0 radical (unpaired) electrons. The predicted molar refractivity (Wildman–Crippen MR) is 122 cm³/mol. The summed E-state index contributed by atoms with van der Waals surface area (Å²) in [7, 11) is -1.70. The summed E-state index contributed by atoms with van der Waals surface area (Å²) in [5.41, 5.74) is 0.448. The Morgan fingerprint density at radius 1 is 1.13 bits per heavy atom. The summed E-state index contributed by atoms with van der Waals surface area (Å²) < 4.78 is 28.6. The Balaban J connectivity index is 2.39. The lowest BCUT2D eigenvalue weighted by molar-refractivity contribution is 0.0762. The maximum Gasteiger partial charge on any atom is 0.254 e. The van der Waals surface area contributed by atoms with E-state index in [-0.39, 0.29) is 10.8 Å². The van der Waals surface area contributed by atoms with Crippen molar-refractivity contribution in [3.05, 3.63) is 23.8 Å². The van der Waals surface area contributed by atoms with Crippen LogP contribution in [0.4, 0.5) is 5.69 Å². The number of nitrogens with one attached hydrogen (secondary N) is 2. The van der Waals surface area contributed by atoms with Crippen LogP contribution in [0, 0.1) is 5.92 Å². The first kappa shape index (κ1) is 24.6. The van der Waals surface area contributed by atoms with Crippen molar-refractivity contribution in [1.82, 2.24) is 14.5 Å². The second-order valence-electron chi connectivity index (χ2n) is 9.44. The third-order valence-corrected chi connectivity index (χ3v) is 7.00. The Labute approximate surface area is 182 Å². The molecule has 30 heavy (non-hydrogen) atoms. The van der Waals surface area contributed by atoms with E-state index in [9.17, 15) is 13.2 Å². The van der Waals surface area contributed by atoms with E-state index in [0.29, 0.717) is 30.3 Å². The highest BCUT2D eigenvalue weighted by Crippen LogP contribution is 2.23. The van der Waals surface area contributed by atoms with Crippen LogP contribution in [0.2, 0.25) is 0 Å². The van der Waals surface area contributed by atoms with Crippen LogP contribution in [0.3, 0.4) is 0 Å². The quantitative estimate of drug-likeness (QED) is 0.684. The van der Waals surface area contributed by atoms with Crippen LogP contribution < -0.4 is 10.0 Å². The van der Waals surface area contributed by atoms with Crippen molar-refractivity contribution in [2.24, 2.45) is 5.92 Å². The van der Waals surface area contributed by atoms with Crippen LogP contribution in [0.1, 0.15) is 57.8 Å². The van der Waals surface area contributed by atoms with Crippen LogP contribution in [-0.2, 0) is 10.0 Å². The number of hydrogen-bond acceptors (Lipinski definition) is 5. The smallest absolute Gasteiger partial charge is 0.254 e. The molecule has 1 amide bonds. The summed E-state index contributed by atoms with van der Waals surface area (Å²) in [5, 5.41) is 3.32. The van der Waals surface area contributed by atoms with Crippen LogP contribution >= 0.6 is 0 Å². The number of sulfonamides is 1. The molecule has 2 N–H and O–H groups in total. The van der Waals surface area contributed by atoms with E-state index >= 15 is 0 Å². The van der Waals surface area contributed by atoms with Crippen LogP contribution in [0.25, 0.3) is 0 Å². The second-order valence-corrected chi connectivity index (χ2v) is 11.1. The first-order valence-corrected chi connectivity index (χ1v) is 12.3. The van der Waals surface area contributed by atoms with Crippen LogP contribution in [0.5, 0.6) is 0 Å². The zero-order valence-electron chi connectivity index (χ0n) is 19.3. The second kappa shape index (κ2) is 10.1. The Morgan fingerprint density at radius 2 is 1.83 bits per heavy atom. The van der Waals surface area contributed by atoms with Crippen molar-refractivity contribution < 1.29 is 13.2 Å². The van der Waals surface area contributed by atoms with Gasteiger partial charge >= 0.3 is 0 Å². The van der Waals surface area contributed by atoms with Crippen molar-refractivity contribution in [3.8, 4) is 0 Å². The summed E-state index contributed by atoms with van der Waals surface area (Å²) in [4.78, 5) is 17.4. The third kappa shape index (κ3) is 7.25. The lowest BCUT2D eigenvalue weighted by atomic mass is 10.1. The topological polar surface area (TPSA) is 81.8 Å². The molecule has 1 aromatic carbocycles. The number of nitrogens with zero attached hydrogens (tertiary/aromatic N) is 2. The largest absolute Gasteiger partial charge is 0.385 e. The first-order valence-electron chi connectivity index (χ1n) is 10.8. The van der Waals surface area contributed by atoms with Gasteiger partial charge in [-0.1, -0.05) is 20.3 Å². The monoisotopic (exact) mass is 438 g/mol. The molecule has 1 aromatic rings. The molecule has 1 aliphatic heterocycles. The molecule has 2 rings (SSSR count). The van der Waals surface area contributed by atoms with Gasteiger partial charge in [0.1, 0.15) is 0 Å². The molecular weight excluding hydrogens is 400 g/mol. The lowest BCUT2D eigenvalue weighted by Gasteiger charge is -2.23. The Bertz CT molecular complexity index is 833. The standard InChI is InChI=1S/C22H38N4O3S/c1-7-17(2)16-23-19-13-18(21(27)26-10-8-9-25(6)11-12-26)14-20(15-19)30(28,29)24-22(3,4)5/h13-15,17,23-24H,7-12,16H2,1-6H3. The Kier molecular flexibility index (Phi) is 8.30. The maximum atomic E-state index is 13.2. The van der Waals surface area contributed by atoms with Crippen molar-refractivity contribution in [3.63, 3.8) is 0 Å². The van der Waals surface area contributed by atoms with E-state index in [1.54, 1.807) is 32.9 Å². The number of hydrogen-bond donors (Lipinski definition) is 2. The lowest BCUT2D eigenvalue weighted by Crippen LogP contribution is -2.40. The van der Waals surface area contributed by atoms with Gasteiger partial charge in [-0.05, 0) is 64.9 Å². The predicted octanol–water partition coefficient (Wildman–Crippen LogP) is 3.00. The molecular formula is C22H38N4O3S. The summed E-state index contributed by atoms with van der Waals surface area (Å²) in [5.74, 6) is 0.322. The van der Waals surface area contributed by atoms with E-state index < -0.39 is 15.6 Å². The van der Waals surface area contributed by atoms with Gasteiger partial charge in [0.15, 0.2) is 0 Å². The number of benzene rings is 1.